The third kappa shape index (κ3) is 5.57. The summed E-state index contributed by atoms with van der Waals surface area (Å²) in [6.45, 7) is 6.66. The second kappa shape index (κ2) is 10.8. The summed E-state index contributed by atoms with van der Waals surface area (Å²) in [4.78, 5) is 15.2. The van der Waals surface area contributed by atoms with Gasteiger partial charge in [-0.2, -0.15) is 15.1 Å². The van der Waals surface area contributed by atoms with E-state index in [4.69, 9.17) is 5.73 Å². The molecule has 0 saturated carbocycles. The molecule has 3 aromatic rings. The van der Waals surface area contributed by atoms with Gasteiger partial charge in [0, 0.05) is 62.7 Å². The third-order valence-electron chi connectivity index (χ3n) is 7.11. The summed E-state index contributed by atoms with van der Waals surface area (Å²) in [5.41, 5.74) is 8.51. The van der Waals surface area contributed by atoms with Gasteiger partial charge in [0.05, 0.1) is 24.5 Å². The summed E-state index contributed by atoms with van der Waals surface area (Å²) in [6, 6.07) is 5.55. The van der Waals surface area contributed by atoms with Crippen LogP contribution in [0.3, 0.4) is 0 Å². The average Bonchev–Trinajstić information content (AvgIpc) is 3.50. The normalized spacial score (nSPS) is 18.9. The molecule has 37 heavy (non-hydrogen) atoms. The highest BCUT2D eigenvalue weighted by atomic mass is 19.1. The van der Waals surface area contributed by atoms with Crippen LogP contribution in [0, 0.1) is 18.6 Å². The van der Waals surface area contributed by atoms with Crippen molar-refractivity contribution in [2.24, 2.45) is 0 Å². The number of nitrogens with zero attached hydrogens (tertiary/aromatic N) is 7. The minimum Gasteiger partial charge on any atom is -0.394 e. The van der Waals surface area contributed by atoms with Crippen LogP contribution >= 0.6 is 0 Å². The number of piperazine rings is 1. The molecule has 2 aromatic heterocycles. The number of hydrogen-bond acceptors (Lipinski definition) is 8. The topological polar surface area (TPSA) is 99.6 Å². The number of benzene rings is 1. The predicted molar refractivity (Wildman–Crippen MR) is 140 cm³/mol. The number of nitrogens with two attached hydrogens (primary N) is 1. The number of nitrogen functional groups attached to an aromatic ring is 1. The van der Waals surface area contributed by atoms with Gasteiger partial charge in [-0.15, -0.1) is 0 Å². The number of halogens is 2. The van der Waals surface area contributed by atoms with Crippen LogP contribution in [0.1, 0.15) is 24.1 Å². The largest absolute Gasteiger partial charge is 0.394 e. The predicted octanol–water partition coefficient (Wildman–Crippen LogP) is 2.63. The average molecular weight is 511 g/mol. The maximum atomic E-state index is 13.6. The van der Waals surface area contributed by atoms with Crippen molar-refractivity contribution < 1.29 is 13.9 Å². The van der Waals surface area contributed by atoms with Gasteiger partial charge in [-0.05, 0) is 31.9 Å². The molecule has 0 spiro atoms. The Kier molecular flexibility index (Phi) is 7.33. The highest BCUT2D eigenvalue weighted by Gasteiger charge is 2.26. The van der Waals surface area contributed by atoms with Crippen LogP contribution in [0.15, 0.2) is 36.5 Å². The van der Waals surface area contributed by atoms with Gasteiger partial charge in [-0.25, -0.2) is 13.5 Å². The van der Waals surface area contributed by atoms with Gasteiger partial charge in [-0.1, -0.05) is 12.2 Å². The molecule has 1 atom stereocenters. The van der Waals surface area contributed by atoms with Gasteiger partial charge in [-0.3, -0.25) is 4.90 Å². The summed E-state index contributed by atoms with van der Waals surface area (Å²) in [6.07, 6.45) is 7.86. The summed E-state index contributed by atoms with van der Waals surface area (Å²) in [5.74, 6) is 0.354. The zero-order valence-corrected chi connectivity index (χ0v) is 20.9. The Bertz CT molecular complexity index is 1250. The molecule has 11 heteroatoms. The Morgan fingerprint density at radius 2 is 1.76 bits per heavy atom. The van der Waals surface area contributed by atoms with Crippen LogP contribution < -0.4 is 15.5 Å². The maximum absolute atomic E-state index is 13.6. The molecule has 2 saturated heterocycles. The Hall–Kier alpha value is -3.57. The molecule has 0 aliphatic carbocycles. The minimum absolute atomic E-state index is 0.0382. The molecule has 1 aromatic carbocycles. The number of hydrogen-bond donors (Lipinski definition) is 2. The Morgan fingerprint density at radius 3 is 2.49 bits per heavy atom. The molecule has 0 bridgehead atoms. The van der Waals surface area contributed by atoms with Gasteiger partial charge in [0.1, 0.15) is 17.5 Å². The van der Waals surface area contributed by atoms with E-state index in [1.54, 1.807) is 10.9 Å². The van der Waals surface area contributed by atoms with Gasteiger partial charge in [0.15, 0.2) is 5.82 Å². The monoisotopic (exact) mass is 510 g/mol. The highest BCUT2D eigenvalue weighted by molar-refractivity contribution is 5.54. The van der Waals surface area contributed by atoms with Crippen molar-refractivity contribution in [1.29, 1.82) is 0 Å². The van der Waals surface area contributed by atoms with Crippen LogP contribution in [0.2, 0.25) is 0 Å². The molecule has 0 amide bonds. The first kappa shape index (κ1) is 25.1. The lowest BCUT2D eigenvalue weighted by Gasteiger charge is -2.35. The van der Waals surface area contributed by atoms with Crippen LogP contribution in [0.5, 0.6) is 0 Å². The second-order valence-corrected chi connectivity index (χ2v) is 9.53. The fourth-order valence-electron chi connectivity index (χ4n) is 5.08. The summed E-state index contributed by atoms with van der Waals surface area (Å²) in [5, 5.41) is 14.2. The molecule has 0 unspecified atom stereocenters. The van der Waals surface area contributed by atoms with Crippen LogP contribution in [-0.2, 0) is 0 Å². The molecular formula is C26H32F2N8O. The van der Waals surface area contributed by atoms with Crippen LogP contribution in [0.25, 0.3) is 11.9 Å². The highest BCUT2D eigenvalue weighted by Crippen LogP contribution is 2.26. The van der Waals surface area contributed by atoms with E-state index in [9.17, 15) is 13.9 Å². The van der Waals surface area contributed by atoms with Crippen molar-refractivity contribution in [2.45, 2.75) is 25.8 Å². The zero-order chi connectivity index (χ0) is 25.9. The molecule has 196 valence electrons. The summed E-state index contributed by atoms with van der Waals surface area (Å²) in [7, 11) is 0. The first-order valence-electron chi connectivity index (χ1n) is 12.6. The fraction of sp³-hybridized carbons (Fsp3) is 0.423. The lowest BCUT2D eigenvalue weighted by Crippen LogP contribution is -2.46. The number of aromatic nitrogens is 4. The maximum Gasteiger partial charge on any atom is 0.224 e. The minimum atomic E-state index is -0.553. The number of aliphatic hydroxyl groups excluding tert-OH is 1. The smallest absolute Gasteiger partial charge is 0.224 e. The first-order chi connectivity index (χ1) is 17.9. The van der Waals surface area contributed by atoms with E-state index in [1.807, 2.05) is 24.0 Å². The molecule has 2 aliphatic rings. The van der Waals surface area contributed by atoms with E-state index in [-0.39, 0.29) is 18.6 Å². The molecule has 0 radical (unpaired) electrons. The second-order valence-electron chi connectivity index (χ2n) is 9.53. The van der Waals surface area contributed by atoms with Crippen molar-refractivity contribution in [3.63, 3.8) is 0 Å². The van der Waals surface area contributed by atoms with E-state index in [2.05, 4.69) is 30.9 Å². The standard InChI is InChI=1S/C26H32F2N8O/c1-18-19(4-2-6-33-8-10-34(11-9-33)23-13-20(27)12-21(28)14-23)16-30-36(18)25-15-24(31-26(29)32-25)35-7-3-5-22(35)17-37/h2,4,12-16,22,37H,3,5-11,17H2,1H3,(H2,29,31,32)/b4-2+/t22-/m1/s1. The Labute approximate surface area is 214 Å². The zero-order valence-electron chi connectivity index (χ0n) is 20.9. The lowest BCUT2D eigenvalue weighted by molar-refractivity contribution is 0.266. The van der Waals surface area contributed by atoms with E-state index < -0.39 is 11.6 Å². The lowest BCUT2D eigenvalue weighted by atomic mass is 10.2. The summed E-state index contributed by atoms with van der Waals surface area (Å²) < 4.78 is 28.9. The number of anilines is 3. The van der Waals surface area contributed by atoms with Gasteiger partial charge in [0.2, 0.25) is 5.95 Å². The molecule has 9 nitrogen and oxygen atoms in total. The molecule has 2 fully saturated rings. The van der Waals surface area contributed by atoms with Crippen LogP contribution in [-0.4, -0.2) is 81.7 Å². The molecular weight excluding hydrogens is 478 g/mol. The summed E-state index contributed by atoms with van der Waals surface area (Å²) >= 11 is 0. The van der Waals surface area contributed by atoms with Gasteiger partial charge >= 0.3 is 0 Å². The first-order valence-corrected chi connectivity index (χ1v) is 12.6. The van der Waals surface area contributed by atoms with Crippen molar-refractivity contribution >= 4 is 23.5 Å². The Balaban J connectivity index is 1.22. The van der Waals surface area contributed by atoms with E-state index in [1.165, 1.54) is 12.1 Å². The van der Waals surface area contributed by atoms with Gasteiger partial charge < -0.3 is 20.6 Å². The van der Waals surface area contributed by atoms with Gasteiger partial charge in [0.25, 0.3) is 0 Å². The van der Waals surface area contributed by atoms with Crippen molar-refractivity contribution in [2.75, 3.05) is 61.4 Å². The molecule has 3 N–H and O–H groups in total. The fourth-order valence-corrected chi connectivity index (χ4v) is 5.08. The van der Waals surface area contributed by atoms with E-state index in [0.29, 0.717) is 30.4 Å². The third-order valence-corrected chi connectivity index (χ3v) is 7.11. The quantitative estimate of drug-likeness (QED) is 0.501. The van der Waals surface area contributed by atoms with Crippen molar-refractivity contribution in [3.8, 4) is 5.82 Å². The molecule has 4 heterocycles. The SMILES string of the molecule is Cc1c(/C=C/CN2CCN(c3cc(F)cc(F)c3)CC2)cnn1-c1cc(N2CCC[C@@H]2CO)nc(N)n1. The van der Waals surface area contributed by atoms with E-state index >= 15 is 0 Å². The van der Waals surface area contributed by atoms with E-state index in [0.717, 1.165) is 56.3 Å². The van der Waals surface area contributed by atoms with Crippen molar-refractivity contribution in [3.05, 3.63) is 59.4 Å². The number of rotatable bonds is 7. The molecule has 5 rings (SSSR count). The Morgan fingerprint density at radius 1 is 1.03 bits per heavy atom. The van der Waals surface area contributed by atoms with Crippen molar-refractivity contribution in [1.82, 2.24) is 24.6 Å². The van der Waals surface area contributed by atoms with Crippen LogP contribution in [0.4, 0.5) is 26.2 Å². The molecule has 2 aliphatic heterocycles. The number of aliphatic hydroxyl groups is 1.